The molecule has 22 heavy (non-hydrogen) atoms. The summed E-state index contributed by atoms with van der Waals surface area (Å²) in [5, 5.41) is 18.6. The van der Waals surface area contributed by atoms with Crippen LogP contribution in [0.1, 0.15) is 5.56 Å². The predicted molar refractivity (Wildman–Crippen MR) is 76.4 cm³/mol. The zero-order valence-electron chi connectivity index (χ0n) is 11.8. The summed E-state index contributed by atoms with van der Waals surface area (Å²) in [5.41, 5.74) is 1.07. The molecule has 0 aliphatic carbocycles. The summed E-state index contributed by atoms with van der Waals surface area (Å²) in [6.07, 6.45) is 0. The maximum atomic E-state index is 14.2. The van der Waals surface area contributed by atoms with Crippen LogP contribution in [0.5, 0.6) is 11.5 Å². The molecule has 2 aromatic carbocycles. The molecule has 0 aliphatic heterocycles. The molecule has 0 saturated heterocycles. The maximum Gasteiger partial charge on any atom is 0.275 e. The molecule has 0 aliphatic rings. The highest BCUT2D eigenvalue weighted by Gasteiger charge is 2.18. The SMILES string of the molecule is Cc1c([N+](=O)[O-])ccc(Oc2ccc3c(c2)nnn3C)c1F. The number of hydrogen-bond donors (Lipinski definition) is 0. The Morgan fingerprint density at radius 2 is 2.09 bits per heavy atom. The number of nitrogens with zero attached hydrogens (tertiary/aromatic N) is 4. The van der Waals surface area contributed by atoms with Gasteiger partial charge in [0.15, 0.2) is 11.6 Å². The molecule has 0 atom stereocenters. The molecule has 0 radical (unpaired) electrons. The van der Waals surface area contributed by atoms with E-state index in [0.717, 1.165) is 5.52 Å². The van der Waals surface area contributed by atoms with Crippen LogP contribution in [-0.4, -0.2) is 19.9 Å². The number of nitro benzene ring substituents is 1. The summed E-state index contributed by atoms with van der Waals surface area (Å²) < 4.78 is 21.2. The van der Waals surface area contributed by atoms with Gasteiger partial charge in [-0.25, -0.2) is 9.07 Å². The summed E-state index contributed by atoms with van der Waals surface area (Å²) in [6.45, 7) is 1.34. The van der Waals surface area contributed by atoms with Crippen LogP contribution < -0.4 is 4.74 Å². The topological polar surface area (TPSA) is 83.1 Å². The van der Waals surface area contributed by atoms with E-state index in [9.17, 15) is 14.5 Å². The first kappa shape index (κ1) is 13.9. The first-order valence-corrected chi connectivity index (χ1v) is 6.38. The molecule has 7 nitrogen and oxygen atoms in total. The summed E-state index contributed by atoms with van der Waals surface area (Å²) >= 11 is 0. The molecule has 1 heterocycles. The molecule has 1 aromatic heterocycles. The highest BCUT2D eigenvalue weighted by molar-refractivity contribution is 5.76. The Morgan fingerprint density at radius 1 is 1.32 bits per heavy atom. The Bertz CT molecular complexity index is 891. The average Bonchev–Trinajstić information content (AvgIpc) is 2.85. The number of halogens is 1. The van der Waals surface area contributed by atoms with E-state index in [1.54, 1.807) is 29.9 Å². The van der Waals surface area contributed by atoms with E-state index in [-0.39, 0.29) is 17.0 Å². The number of aryl methyl sites for hydroxylation is 1. The fourth-order valence-corrected chi connectivity index (χ4v) is 2.14. The first-order chi connectivity index (χ1) is 10.5. The normalized spacial score (nSPS) is 10.9. The van der Waals surface area contributed by atoms with Gasteiger partial charge in [0.1, 0.15) is 11.3 Å². The molecule has 3 aromatic rings. The third-order valence-electron chi connectivity index (χ3n) is 3.33. The number of hydrogen-bond acceptors (Lipinski definition) is 5. The third kappa shape index (κ3) is 2.24. The van der Waals surface area contributed by atoms with E-state index >= 15 is 0 Å². The van der Waals surface area contributed by atoms with Crippen molar-refractivity contribution in [2.45, 2.75) is 6.92 Å². The lowest BCUT2D eigenvalue weighted by molar-refractivity contribution is -0.385. The highest BCUT2D eigenvalue weighted by Crippen LogP contribution is 2.32. The monoisotopic (exact) mass is 302 g/mol. The number of ether oxygens (including phenoxy) is 1. The lowest BCUT2D eigenvalue weighted by atomic mass is 10.2. The van der Waals surface area contributed by atoms with Gasteiger partial charge >= 0.3 is 0 Å². The van der Waals surface area contributed by atoms with Gasteiger partial charge in [-0.2, -0.15) is 0 Å². The quantitative estimate of drug-likeness (QED) is 0.548. The van der Waals surface area contributed by atoms with Crippen molar-refractivity contribution in [3.8, 4) is 11.5 Å². The molecule has 0 fully saturated rings. The van der Waals surface area contributed by atoms with Gasteiger partial charge in [-0.3, -0.25) is 10.1 Å². The molecule has 0 N–H and O–H groups in total. The average molecular weight is 302 g/mol. The number of aromatic nitrogens is 3. The van der Waals surface area contributed by atoms with Crippen molar-refractivity contribution in [1.82, 2.24) is 15.0 Å². The van der Waals surface area contributed by atoms with Gasteiger partial charge in [-0.05, 0) is 25.1 Å². The largest absolute Gasteiger partial charge is 0.454 e. The number of rotatable bonds is 3. The van der Waals surface area contributed by atoms with E-state index in [1.807, 2.05) is 0 Å². The van der Waals surface area contributed by atoms with Gasteiger partial charge < -0.3 is 4.74 Å². The zero-order valence-corrected chi connectivity index (χ0v) is 11.8. The van der Waals surface area contributed by atoms with Crippen molar-refractivity contribution in [1.29, 1.82) is 0 Å². The summed E-state index contributed by atoms with van der Waals surface area (Å²) in [5.74, 6) is -0.458. The molecule has 8 heteroatoms. The van der Waals surface area contributed by atoms with Crippen LogP contribution in [0, 0.1) is 22.9 Å². The van der Waals surface area contributed by atoms with Crippen LogP contribution in [0.4, 0.5) is 10.1 Å². The van der Waals surface area contributed by atoms with Crippen molar-refractivity contribution in [2.24, 2.45) is 7.05 Å². The fraction of sp³-hybridized carbons (Fsp3) is 0.143. The molecule has 112 valence electrons. The van der Waals surface area contributed by atoms with Crippen LogP contribution in [-0.2, 0) is 7.05 Å². The predicted octanol–water partition coefficient (Wildman–Crippen LogP) is 3.12. The minimum Gasteiger partial charge on any atom is -0.454 e. The minimum absolute atomic E-state index is 0.0666. The molecule has 0 spiro atoms. The lowest BCUT2D eigenvalue weighted by Gasteiger charge is -2.08. The van der Waals surface area contributed by atoms with Gasteiger partial charge in [-0.1, -0.05) is 5.21 Å². The van der Waals surface area contributed by atoms with Crippen molar-refractivity contribution in [2.75, 3.05) is 0 Å². The van der Waals surface area contributed by atoms with E-state index in [2.05, 4.69) is 10.3 Å². The van der Waals surface area contributed by atoms with Crippen LogP contribution in [0.15, 0.2) is 30.3 Å². The van der Waals surface area contributed by atoms with Gasteiger partial charge in [0, 0.05) is 19.2 Å². The van der Waals surface area contributed by atoms with E-state index in [0.29, 0.717) is 11.3 Å². The lowest BCUT2D eigenvalue weighted by Crippen LogP contribution is -1.97. The van der Waals surface area contributed by atoms with Gasteiger partial charge in [0.2, 0.25) is 0 Å². The van der Waals surface area contributed by atoms with Crippen LogP contribution in [0.25, 0.3) is 11.0 Å². The maximum absolute atomic E-state index is 14.2. The highest BCUT2D eigenvalue weighted by atomic mass is 19.1. The summed E-state index contributed by atoms with van der Waals surface area (Å²) in [4.78, 5) is 10.1. The summed E-state index contributed by atoms with van der Waals surface area (Å²) in [7, 11) is 1.76. The standard InChI is InChI=1S/C14H11FN4O3/c1-8-11(19(20)21)5-6-13(14(8)15)22-9-3-4-12-10(7-9)16-17-18(12)2/h3-7H,1-2H3. The van der Waals surface area contributed by atoms with Gasteiger partial charge in [0.05, 0.1) is 16.0 Å². The van der Waals surface area contributed by atoms with Crippen molar-refractivity contribution in [3.63, 3.8) is 0 Å². The van der Waals surface area contributed by atoms with Gasteiger partial charge in [0.25, 0.3) is 5.69 Å². The van der Waals surface area contributed by atoms with Crippen LogP contribution in [0.3, 0.4) is 0 Å². The molecular weight excluding hydrogens is 291 g/mol. The molecular formula is C14H11FN4O3. The Hall–Kier alpha value is -3.03. The number of fused-ring (bicyclic) bond motifs is 1. The fourth-order valence-electron chi connectivity index (χ4n) is 2.14. The Kier molecular flexibility index (Phi) is 3.21. The van der Waals surface area contributed by atoms with E-state index in [1.165, 1.54) is 19.1 Å². The first-order valence-electron chi connectivity index (χ1n) is 6.38. The molecule has 0 unspecified atom stereocenters. The summed E-state index contributed by atoms with van der Waals surface area (Å²) in [6, 6.07) is 7.48. The van der Waals surface area contributed by atoms with Crippen molar-refractivity contribution < 1.29 is 14.1 Å². The molecule has 0 saturated carbocycles. The molecule has 0 bridgehead atoms. The second-order valence-corrected chi connectivity index (χ2v) is 4.74. The Morgan fingerprint density at radius 3 is 2.82 bits per heavy atom. The number of nitro groups is 1. The Balaban J connectivity index is 1.97. The van der Waals surface area contributed by atoms with Crippen molar-refractivity contribution in [3.05, 3.63) is 51.8 Å². The Labute approximate surface area is 124 Å². The zero-order chi connectivity index (χ0) is 15.9. The second-order valence-electron chi connectivity index (χ2n) is 4.74. The van der Waals surface area contributed by atoms with Crippen molar-refractivity contribution >= 4 is 16.7 Å². The molecule has 0 amide bonds. The van der Waals surface area contributed by atoms with Crippen LogP contribution >= 0.6 is 0 Å². The third-order valence-corrected chi connectivity index (χ3v) is 3.33. The smallest absolute Gasteiger partial charge is 0.275 e. The van der Waals surface area contributed by atoms with Gasteiger partial charge in [-0.15, -0.1) is 5.10 Å². The second kappa shape index (κ2) is 5.06. The molecule has 3 rings (SSSR count). The van der Waals surface area contributed by atoms with E-state index < -0.39 is 10.7 Å². The minimum atomic E-state index is -0.756. The number of benzene rings is 2. The van der Waals surface area contributed by atoms with Crippen LogP contribution in [0.2, 0.25) is 0 Å². The van der Waals surface area contributed by atoms with E-state index in [4.69, 9.17) is 4.74 Å².